The van der Waals surface area contributed by atoms with E-state index in [1.165, 1.54) is 31.5 Å². The summed E-state index contributed by atoms with van der Waals surface area (Å²) in [6.07, 6.45) is 0.0622. The Kier molecular flexibility index (Phi) is 5.28. The van der Waals surface area contributed by atoms with Crippen LogP contribution in [0.4, 0.5) is 8.78 Å². The summed E-state index contributed by atoms with van der Waals surface area (Å²) in [6.45, 7) is 0.480. The number of halogens is 2. The summed E-state index contributed by atoms with van der Waals surface area (Å²) in [5, 5.41) is 12.8. The van der Waals surface area contributed by atoms with Crippen LogP contribution in [-0.4, -0.2) is 35.6 Å². The molecule has 2 heterocycles. The van der Waals surface area contributed by atoms with Gasteiger partial charge in [0.25, 0.3) is 12.3 Å². The van der Waals surface area contributed by atoms with Crippen molar-refractivity contribution in [3.63, 3.8) is 0 Å². The topological polar surface area (TPSA) is 84.6 Å². The average Bonchev–Trinajstić information content (AvgIpc) is 3.06. The predicted molar refractivity (Wildman–Crippen MR) is 76.3 cm³/mol. The van der Waals surface area contributed by atoms with Crippen molar-refractivity contribution >= 4 is 5.91 Å². The first kappa shape index (κ1) is 16.9. The maximum absolute atomic E-state index is 12.2. The molecule has 0 bridgehead atoms. The highest BCUT2D eigenvalue weighted by atomic mass is 19.3. The molecule has 124 valence electrons. The Morgan fingerprint density at radius 1 is 1.48 bits per heavy atom. The van der Waals surface area contributed by atoms with E-state index in [4.69, 9.17) is 9.15 Å². The van der Waals surface area contributed by atoms with E-state index in [9.17, 15) is 18.7 Å². The number of furan rings is 1. The Labute approximate surface area is 131 Å². The fraction of sp³-hybridized carbons (Fsp3) is 0.333. The first-order chi connectivity index (χ1) is 10.9. The van der Waals surface area contributed by atoms with Crippen LogP contribution in [0.3, 0.4) is 0 Å². The molecule has 0 aliphatic rings. The Hall–Kier alpha value is -2.48. The number of ether oxygens (including phenoxy) is 1. The standard InChI is InChI=1S/C15H16F2N2O4/c1-15(21,11-5-3-7-22-11)9-19-13(20)10-4-2-6-18-14(10)23-8-12(16)17/h2-7,12,21H,8-9H2,1H3,(H,19,20). The van der Waals surface area contributed by atoms with E-state index < -0.39 is 24.5 Å². The number of amides is 1. The molecule has 1 amide bonds. The van der Waals surface area contributed by atoms with Gasteiger partial charge in [-0.3, -0.25) is 4.79 Å². The number of nitrogens with one attached hydrogen (secondary N) is 1. The SMILES string of the molecule is CC(O)(CNC(=O)c1cccnc1OCC(F)F)c1ccco1. The molecule has 2 N–H and O–H groups in total. The van der Waals surface area contributed by atoms with Crippen LogP contribution in [-0.2, 0) is 5.60 Å². The van der Waals surface area contributed by atoms with Crippen molar-refractivity contribution in [2.75, 3.05) is 13.2 Å². The number of carbonyl (C=O) groups excluding carboxylic acids is 1. The van der Waals surface area contributed by atoms with Crippen LogP contribution >= 0.6 is 0 Å². The molecule has 0 aliphatic carbocycles. The molecule has 0 saturated heterocycles. The van der Waals surface area contributed by atoms with E-state index in [-0.39, 0.29) is 23.7 Å². The molecule has 6 nitrogen and oxygen atoms in total. The summed E-state index contributed by atoms with van der Waals surface area (Å²) in [5.41, 5.74) is -1.41. The number of nitrogens with zero attached hydrogens (tertiary/aromatic N) is 1. The first-order valence-electron chi connectivity index (χ1n) is 6.80. The molecule has 2 aromatic heterocycles. The number of pyridine rings is 1. The second-order valence-corrected chi connectivity index (χ2v) is 4.99. The van der Waals surface area contributed by atoms with Gasteiger partial charge in [0, 0.05) is 6.20 Å². The molecule has 23 heavy (non-hydrogen) atoms. The molecule has 0 aromatic carbocycles. The van der Waals surface area contributed by atoms with Crippen LogP contribution in [0.2, 0.25) is 0 Å². The summed E-state index contributed by atoms with van der Waals surface area (Å²) in [7, 11) is 0. The average molecular weight is 326 g/mol. The van der Waals surface area contributed by atoms with Gasteiger partial charge in [-0.05, 0) is 31.2 Å². The van der Waals surface area contributed by atoms with E-state index in [0.29, 0.717) is 0 Å². The highest BCUT2D eigenvalue weighted by molar-refractivity contribution is 5.96. The van der Waals surface area contributed by atoms with Gasteiger partial charge in [0.1, 0.15) is 16.9 Å². The third-order valence-corrected chi connectivity index (χ3v) is 3.01. The Bertz CT molecular complexity index is 645. The van der Waals surface area contributed by atoms with Crippen molar-refractivity contribution in [2.45, 2.75) is 19.0 Å². The van der Waals surface area contributed by atoms with Crippen molar-refractivity contribution < 1.29 is 27.8 Å². The van der Waals surface area contributed by atoms with Crippen molar-refractivity contribution in [3.05, 3.63) is 48.0 Å². The lowest BCUT2D eigenvalue weighted by atomic mass is 10.0. The monoisotopic (exact) mass is 326 g/mol. The lowest BCUT2D eigenvalue weighted by Gasteiger charge is -2.21. The normalized spacial score (nSPS) is 13.6. The zero-order valence-electron chi connectivity index (χ0n) is 12.3. The van der Waals surface area contributed by atoms with Crippen molar-refractivity contribution in [1.29, 1.82) is 0 Å². The zero-order chi connectivity index (χ0) is 16.9. The maximum Gasteiger partial charge on any atom is 0.272 e. The molecular weight excluding hydrogens is 310 g/mol. The first-order valence-corrected chi connectivity index (χ1v) is 6.80. The van der Waals surface area contributed by atoms with Gasteiger partial charge < -0.3 is 19.6 Å². The second-order valence-electron chi connectivity index (χ2n) is 4.99. The van der Waals surface area contributed by atoms with E-state index in [1.807, 2.05) is 0 Å². The van der Waals surface area contributed by atoms with Gasteiger partial charge in [0.15, 0.2) is 6.61 Å². The van der Waals surface area contributed by atoms with Crippen molar-refractivity contribution in [3.8, 4) is 5.88 Å². The Morgan fingerprint density at radius 3 is 2.91 bits per heavy atom. The fourth-order valence-electron chi connectivity index (χ4n) is 1.84. The van der Waals surface area contributed by atoms with Crippen LogP contribution in [0.25, 0.3) is 0 Å². The van der Waals surface area contributed by atoms with E-state index in [2.05, 4.69) is 10.3 Å². The number of rotatable bonds is 7. The number of aromatic nitrogens is 1. The van der Waals surface area contributed by atoms with E-state index >= 15 is 0 Å². The molecule has 0 spiro atoms. The summed E-state index contributed by atoms with van der Waals surface area (Å²) >= 11 is 0. The largest absolute Gasteiger partial charge is 0.471 e. The van der Waals surface area contributed by atoms with Gasteiger partial charge in [-0.15, -0.1) is 0 Å². The lowest BCUT2D eigenvalue weighted by molar-refractivity contribution is 0.0328. The maximum atomic E-state index is 12.2. The highest BCUT2D eigenvalue weighted by Gasteiger charge is 2.27. The number of hydrogen-bond acceptors (Lipinski definition) is 5. The zero-order valence-corrected chi connectivity index (χ0v) is 12.3. The molecule has 0 radical (unpaired) electrons. The van der Waals surface area contributed by atoms with Crippen LogP contribution in [0.15, 0.2) is 41.1 Å². The fourth-order valence-corrected chi connectivity index (χ4v) is 1.84. The minimum absolute atomic E-state index is 0.00314. The summed E-state index contributed by atoms with van der Waals surface area (Å²) in [4.78, 5) is 15.9. The minimum Gasteiger partial charge on any atom is -0.471 e. The number of alkyl halides is 2. The molecule has 0 saturated carbocycles. The number of hydrogen-bond donors (Lipinski definition) is 2. The van der Waals surface area contributed by atoms with E-state index in [0.717, 1.165) is 0 Å². The third kappa shape index (κ3) is 4.49. The molecule has 1 unspecified atom stereocenters. The molecule has 1 atom stereocenters. The molecule has 2 aromatic rings. The summed E-state index contributed by atoms with van der Waals surface area (Å²) in [6, 6.07) is 6.07. The summed E-state index contributed by atoms with van der Waals surface area (Å²) < 4.78 is 34.4. The molecule has 0 fully saturated rings. The lowest BCUT2D eigenvalue weighted by Crippen LogP contribution is -2.38. The molecule has 8 heteroatoms. The van der Waals surface area contributed by atoms with Crippen LogP contribution < -0.4 is 10.1 Å². The van der Waals surface area contributed by atoms with Crippen LogP contribution in [0, 0.1) is 0 Å². The van der Waals surface area contributed by atoms with Gasteiger partial charge in [0.05, 0.1) is 12.8 Å². The smallest absolute Gasteiger partial charge is 0.272 e. The van der Waals surface area contributed by atoms with Crippen molar-refractivity contribution in [1.82, 2.24) is 10.3 Å². The number of carbonyl (C=O) groups is 1. The van der Waals surface area contributed by atoms with Crippen molar-refractivity contribution in [2.24, 2.45) is 0 Å². The molecule has 0 aliphatic heterocycles. The Balaban J connectivity index is 2.03. The summed E-state index contributed by atoms with van der Waals surface area (Å²) in [5.74, 6) is -0.504. The molecule has 2 rings (SSSR count). The minimum atomic E-state index is -2.67. The second kappa shape index (κ2) is 7.19. The quantitative estimate of drug-likeness (QED) is 0.812. The third-order valence-electron chi connectivity index (χ3n) is 3.01. The van der Waals surface area contributed by atoms with Gasteiger partial charge in [-0.25, -0.2) is 13.8 Å². The van der Waals surface area contributed by atoms with E-state index in [1.54, 1.807) is 12.1 Å². The van der Waals surface area contributed by atoms with Gasteiger partial charge in [-0.1, -0.05) is 0 Å². The predicted octanol–water partition coefficient (Wildman–Crippen LogP) is 1.96. The Morgan fingerprint density at radius 2 is 2.26 bits per heavy atom. The number of aliphatic hydroxyl groups is 1. The van der Waals surface area contributed by atoms with Crippen LogP contribution in [0.5, 0.6) is 5.88 Å². The van der Waals surface area contributed by atoms with Crippen LogP contribution in [0.1, 0.15) is 23.0 Å². The molecular formula is C15H16F2N2O4. The van der Waals surface area contributed by atoms with Gasteiger partial charge >= 0.3 is 0 Å². The highest BCUT2D eigenvalue weighted by Crippen LogP contribution is 2.21. The van der Waals surface area contributed by atoms with Gasteiger partial charge in [-0.2, -0.15) is 0 Å². The van der Waals surface area contributed by atoms with Gasteiger partial charge in [0.2, 0.25) is 5.88 Å².